The maximum Gasteiger partial charge on any atom is 0.178 e. The molecule has 0 saturated heterocycles. The van der Waals surface area contributed by atoms with Gasteiger partial charge in [0, 0.05) is 37.2 Å². The maximum absolute atomic E-state index is 12.2. The molecule has 0 spiro atoms. The Balaban J connectivity index is 2.00. The number of rotatable bonds is 6. The molecule has 2 aromatic heterocycles. The van der Waals surface area contributed by atoms with Gasteiger partial charge in [-0.1, -0.05) is 13.0 Å². The van der Waals surface area contributed by atoms with Crippen molar-refractivity contribution in [3.8, 4) is 0 Å². The third kappa shape index (κ3) is 3.78. The van der Waals surface area contributed by atoms with Crippen LogP contribution in [0.5, 0.6) is 0 Å². The number of hydrogen-bond donors (Lipinski definition) is 0. The van der Waals surface area contributed by atoms with Crippen molar-refractivity contribution in [1.29, 1.82) is 0 Å². The summed E-state index contributed by atoms with van der Waals surface area (Å²) in [6.45, 7) is 6.00. The van der Waals surface area contributed by atoms with Gasteiger partial charge in [-0.15, -0.1) is 0 Å². The van der Waals surface area contributed by atoms with Gasteiger partial charge in [0.05, 0.1) is 12.2 Å². The molecule has 0 bridgehead atoms. The van der Waals surface area contributed by atoms with E-state index in [9.17, 15) is 4.79 Å². The van der Waals surface area contributed by atoms with E-state index in [4.69, 9.17) is 0 Å². The predicted octanol–water partition coefficient (Wildman–Crippen LogP) is 2.43. The predicted molar refractivity (Wildman–Crippen MR) is 79.7 cm³/mol. The summed E-state index contributed by atoms with van der Waals surface area (Å²) in [4.78, 5) is 18.8. The minimum Gasteiger partial charge on any atom is -0.357 e. The van der Waals surface area contributed by atoms with Crippen LogP contribution in [0.3, 0.4) is 0 Å². The Morgan fingerprint density at radius 1 is 1.35 bits per heavy atom. The Bertz CT molecular complexity index is 589. The molecule has 0 fully saturated rings. The summed E-state index contributed by atoms with van der Waals surface area (Å²) < 4.78 is 1.89. The van der Waals surface area contributed by atoms with Crippen LogP contribution in [-0.2, 0) is 13.6 Å². The van der Waals surface area contributed by atoms with Gasteiger partial charge in [0.2, 0.25) is 0 Å². The van der Waals surface area contributed by atoms with Crippen LogP contribution in [0.1, 0.15) is 28.7 Å². The lowest BCUT2D eigenvalue weighted by molar-refractivity contribution is 0.0929. The molecule has 0 radical (unpaired) electrons. The fourth-order valence-corrected chi connectivity index (χ4v) is 2.16. The van der Waals surface area contributed by atoms with E-state index in [0.717, 1.165) is 23.5 Å². The highest BCUT2D eigenvalue weighted by Crippen LogP contribution is 2.07. The van der Waals surface area contributed by atoms with Crippen molar-refractivity contribution >= 4 is 5.78 Å². The highest BCUT2D eigenvalue weighted by Gasteiger charge is 2.13. The molecular formula is C16H21N3O. The maximum atomic E-state index is 12.2. The molecule has 0 aliphatic carbocycles. The lowest BCUT2D eigenvalue weighted by Crippen LogP contribution is -2.29. The van der Waals surface area contributed by atoms with Crippen LogP contribution in [0.4, 0.5) is 0 Å². The lowest BCUT2D eigenvalue weighted by atomic mass is 10.2. The smallest absolute Gasteiger partial charge is 0.178 e. The Kier molecular flexibility index (Phi) is 4.69. The molecule has 4 nitrogen and oxygen atoms in total. The minimum absolute atomic E-state index is 0.153. The van der Waals surface area contributed by atoms with Crippen molar-refractivity contribution in [3.05, 3.63) is 53.6 Å². The van der Waals surface area contributed by atoms with Crippen LogP contribution >= 0.6 is 0 Å². The van der Waals surface area contributed by atoms with Crippen molar-refractivity contribution in [2.24, 2.45) is 7.05 Å². The van der Waals surface area contributed by atoms with E-state index in [1.54, 1.807) is 0 Å². The third-order valence-corrected chi connectivity index (χ3v) is 3.30. The van der Waals surface area contributed by atoms with E-state index < -0.39 is 0 Å². The lowest BCUT2D eigenvalue weighted by Gasteiger charge is -2.19. The van der Waals surface area contributed by atoms with Gasteiger partial charge in [-0.25, -0.2) is 0 Å². The SMILES string of the molecule is CCN(CC(=O)c1ccn(C)c1)Cc1cccc(C)n1. The molecule has 2 aromatic rings. The molecule has 0 N–H and O–H groups in total. The van der Waals surface area contributed by atoms with Crippen LogP contribution in [0.25, 0.3) is 0 Å². The van der Waals surface area contributed by atoms with Crippen LogP contribution in [0.15, 0.2) is 36.7 Å². The van der Waals surface area contributed by atoms with Gasteiger partial charge in [0.1, 0.15) is 0 Å². The van der Waals surface area contributed by atoms with Crippen LogP contribution in [0.2, 0.25) is 0 Å². The summed E-state index contributed by atoms with van der Waals surface area (Å²) in [5.74, 6) is 0.153. The van der Waals surface area contributed by atoms with E-state index in [-0.39, 0.29) is 5.78 Å². The summed E-state index contributed by atoms with van der Waals surface area (Å²) in [6, 6.07) is 7.85. The average Bonchev–Trinajstić information content (AvgIpc) is 2.85. The molecule has 0 aliphatic rings. The van der Waals surface area contributed by atoms with E-state index in [0.29, 0.717) is 13.1 Å². The standard InChI is InChI=1S/C16H21N3O/c1-4-19(11-15-7-5-6-13(2)17-15)12-16(20)14-8-9-18(3)10-14/h5-10H,4,11-12H2,1-3H3. The first-order valence-electron chi connectivity index (χ1n) is 6.88. The van der Waals surface area contributed by atoms with Crippen molar-refractivity contribution < 1.29 is 4.79 Å². The summed E-state index contributed by atoms with van der Waals surface area (Å²) in [5, 5.41) is 0. The van der Waals surface area contributed by atoms with Gasteiger partial charge in [-0.2, -0.15) is 0 Å². The first-order valence-corrected chi connectivity index (χ1v) is 6.88. The molecule has 4 heteroatoms. The number of likely N-dealkylation sites (N-methyl/N-ethyl adjacent to an activating group) is 1. The number of carbonyl (C=O) groups excluding carboxylic acids is 1. The zero-order valence-corrected chi connectivity index (χ0v) is 12.3. The summed E-state index contributed by atoms with van der Waals surface area (Å²) >= 11 is 0. The number of aryl methyl sites for hydroxylation is 2. The van der Waals surface area contributed by atoms with Gasteiger partial charge >= 0.3 is 0 Å². The molecular weight excluding hydrogens is 250 g/mol. The number of hydrogen-bond acceptors (Lipinski definition) is 3. The Hall–Kier alpha value is -1.94. The van der Waals surface area contributed by atoms with Crippen molar-refractivity contribution in [2.75, 3.05) is 13.1 Å². The molecule has 0 aromatic carbocycles. The molecule has 0 unspecified atom stereocenters. The molecule has 20 heavy (non-hydrogen) atoms. The normalized spacial score (nSPS) is 11.0. The number of ketones is 1. The van der Waals surface area contributed by atoms with Gasteiger partial charge in [-0.05, 0) is 31.7 Å². The molecule has 2 rings (SSSR count). The second-order valence-corrected chi connectivity index (χ2v) is 5.06. The summed E-state index contributed by atoms with van der Waals surface area (Å²) in [5.41, 5.74) is 2.78. The molecule has 106 valence electrons. The zero-order valence-electron chi connectivity index (χ0n) is 12.3. The van der Waals surface area contributed by atoms with Crippen molar-refractivity contribution in [1.82, 2.24) is 14.5 Å². The Morgan fingerprint density at radius 3 is 2.75 bits per heavy atom. The third-order valence-electron chi connectivity index (χ3n) is 3.30. The van der Waals surface area contributed by atoms with Crippen LogP contribution in [-0.4, -0.2) is 33.3 Å². The first kappa shape index (κ1) is 14.5. The van der Waals surface area contributed by atoms with Crippen LogP contribution in [0, 0.1) is 6.92 Å². The van der Waals surface area contributed by atoms with E-state index >= 15 is 0 Å². The fraction of sp³-hybridized carbons (Fsp3) is 0.375. The topological polar surface area (TPSA) is 38.1 Å². The fourth-order valence-electron chi connectivity index (χ4n) is 2.16. The van der Waals surface area contributed by atoms with Gasteiger partial charge in [0.15, 0.2) is 5.78 Å². The minimum atomic E-state index is 0.153. The van der Waals surface area contributed by atoms with E-state index in [1.807, 2.05) is 55.2 Å². The second-order valence-electron chi connectivity index (χ2n) is 5.06. The Labute approximate surface area is 120 Å². The molecule has 2 heterocycles. The monoisotopic (exact) mass is 271 g/mol. The first-order chi connectivity index (χ1) is 9.58. The zero-order chi connectivity index (χ0) is 14.5. The number of pyridine rings is 1. The summed E-state index contributed by atoms with van der Waals surface area (Å²) in [6.07, 6.45) is 3.76. The number of Topliss-reactive ketones (excluding diaryl/α,β-unsaturated/α-hetero) is 1. The molecule has 0 atom stereocenters. The van der Waals surface area contributed by atoms with Gasteiger partial charge < -0.3 is 4.57 Å². The van der Waals surface area contributed by atoms with Crippen molar-refractivity contribution in [2.45, 2.75) is 20.4 Å². The van der Waals surface area contributed by atoms with Gasteiger partial charge in [-0.3, -0.25) is 14.7 Å². The second kappa shape index (κ2) is 6.48. The average molecular weight is 271 g/mol. The summed E-state index contributed by atoms with van der Waals surface area (Å²) in [7, 11) is 1.92. The van der Waals surface area contributed by atoms with E-state index in [1.165, 1.54) is 0 Å². The van der Waals surface area contributed by atoms with E-state index in [2.05, 4.69) is 16.8 Å². The highest BCUT2D eigenvalue weighted by molar-refractivity contribution is 5.97. The molecule has 0 amide bonds. The number of carbonyl (C=O) groups is 1. The molecule has 0 aliphatic heterocycles. The Morgan fingerprint density at radius 2 is 2.15 bits per heavy atom. The quantitative estimate of drug-likeness (QED) is 0.757. The molecule has 0 saturated carbocycles. The highest BCUT2D eigenvalue weighted by atomic mass is 16.1. The number of nitrogens with zero attached hydrogens (tertiary/aromatic N) is 3. The van der Waals surface area contributed by atoms with Crippen LogP contribution < -0.4 is 0 Å². The van der Waals surface area contributed by atoms with Gasteiger partial charge in [0.25, 0.3) is 0 Å². The number of aromatic nitrogens is 2. The van der Waals surface area contributed by atoms with Crippen molar-refractivity contribution in [3.63, 3.8) is 0 Å². The largest absolute Gasteiger partial charge is 0.357 e.